The fourth-order valence-corrected chi connectivity index (χ4v) is 3.73. The van der Waals surface area contributed by atoms with Gasteiger partial charge >= 0.3 is 0 Å². The van der Waals surface area contributed by atoms with Gasteiger partial charge in [0.05, 0.1) is 18.3 Å². The van der Waals surface area contributed by atoms with E-state index >= 15 is 0 Å². The number of piperidine rings is 1. The van der Waals surface area contributed by atoms with Crippen molar-refractivity contribution in [2.24, 2.45) is 0 Å². The van der Waals surface area contributed by atoms with E-state index in [2.05, 4.69) is 17.0 Å². The SMILES string of the molecule is OC1COC2(CCN(Cc3ccc4c(c3)OCCO4)CC2)C1. The summed E-state index contributed by atoms with van der Waals surface area (Å²) in [7, 11) is 0. The Morgan fingerprint density at radius 2 is 1.91 bits per heavy atom. The molecule has 0 aromatic heterocycles. The Labute approximate surface area is 130 Å². The van der Waals surface area contributed by atoms with E-state index in [1.54, 1.807) is 0 Å². The molecule has 0 amide bonds. The number of hydrogen-bond acceptors (Lipinski definition) is 5. The Bertz CT molecular complexity index is 539. The predicted molar refractivity (Wildman–Crippen MR) is 81.2 cm³/mol. The van der Waals surface area contributed by atoms with Crippen LogP contribution < -0.4 is 9.47 Å². The highest BCUT2D eigenvalue weighted by Gasteiger charge is 2.42. The van der Waals surface area contributed by atoms with Crippen molar-refractivity contribution < 1.29 is 19.3 Å². The molecule has 2 saturated heterocycles. The van der Waals surface area contributed by atoms with E-state index in [0.717, 1.165) is 50.4 Å². The molecular weight excluding hydrogens is 282 g/mol. The number of ether oxygens (including phenoxy) is 3. The molecule has 1 atom stereocenters. The van der Waals surface area contributed by atoms with Gasteiger partial charge in [0, 0.05) is 26.1 Å². The van der Waals surface area contributed by atoms with Crippen LogP contribution in [0.25, 0.3) is 0 Å². The number of aliphatic hydroxyl groups is 1. The highest BCUT2D eigenvalue weighted by Crippen LogP contribution is 2.37. The van der Waals surface area contributed by atoms with Crippen molar-refractivity contribution in [2.45, 2.75) is 37.5 Å². The average molecular weight is 305 g/mol. The van der Waals surface area contributed by atoms with E-state index in [-0.39, 0.29) is 11.7 Å². The minimum absolute atomic E-state index is 0.0667. The summed E-state index contributed by atoms with van der Waals surface area (Å²) in [6.45, 7) is 4.72. The summed E-state index contributed by atoms with van der Waals surface area (Å²) in [5, 5.41) is 9.70. The van der Waals surface area contributed by atoms with Gasteiger partial charge in [0.25, 0.3) is 0 Å². The van der Waals surface area contributed by atoms with Crippen molar-refractivity contribution in [3.8, 4) is 11.5 Å². The molecule has 22 heavy (non-hydrogen) atoms. The molecule has 3 heterocycles. The second-order valence-electron chi connectivity index (χ2n) is 6.61. The first-order valence-corrected chi connectivity index (χ1v) is 8.15. The number of benzene rings is 1. The third kappa shape index (κ3) is 2.81. The van der Waals surface area contributed by atoms with Crippen molar-refractivity contribution in [2.75, 3.05) is 32.9 Å². The highest BCUT2D eigenvalue weighted by molar-refractivity contribution is 5.43. The standard InChI is InChI=1S/C17H23NO4/c19-14-10-17(22-12-14)3-5-18(6-4-17)11-13-1-2-15-16(9-13)21-8-7-20-15/h1-2,9,14,19H,3-8,10-12H2. The number of fused-ring (bicyclic) bond motifs is 1. The molecule has 0 aliphatic carbocycles. The lowest BCUT2D eigenvalue weighted by atomic mass is 9.88. The van der Waals surface area contributed by atoms with Crippen molar-refractivity contribution in [3.63, 3.8) is 0 Å². The Balaban J connectivity index is 1.37. The van der Waals surface area contributed by atoms with Crippen LogP contribution in [0.5, 0.6) is 11.5 Å². The van der Waals surface area contributed by atoms with Crippen LogP contribution in [-0.4, -0.2) is 54.6 Å². The summed E-state index contributed by atoms with van der Waals surface area (Å²) in [6, 6.07) is 6.22. The van der Waals surface area contributed by atoms with Crippen molar-refractivity contribution >= 4 is 0 Å². The molecule has 0 saturated carbocycles. The zero-order valence-electron chi connectivity index (χ0n) is 12.8. The fraction of sp³-hybridized carbons (Fsp3) is 0.647. The molecule has 0 bridgehead atoms. The molecule has 1 unspecified atom stereocenters. The van der Waals surface area contributed by atoms with Crippen molar-refractivity contribution in [1.82, 2.24) is 4.90 Å². The quantitative estimate of drug-likeness (QED) is 0.899. The lowest BCUT2D eigenvalue weighted by Crippen LogP contribution is -2.43. The molecule has 3 aliphatic rings. The second-order valence-corrected chi connectivity index (χ2v) is 6.61. The Kier molecular flexibility index (Phi) is 3.72. The van der Waals surface area contributed by atoms with E-state index < -0.39 is 0 Å². The van der Waals surface area contributed by atoms with Gasteiger partial charge in [-0.25, -0.2) is 0 Å². The predicted octanol–water partition coefficient (Wildman–Crippen LogP) is 1.57. The minimum Gasteiger partial charge on any atom is -0.486 e. The molecule has 5 heteroatoms. The van der Waals surface area contributed by atoms with Crippen LogP contribution in [0.15, 0.2) is 18.2 Å². The number of hydrogen-bond donors (Lipinski definition) is 1. The van der Waals surface area contributed by atoms with Gasteiger partial charge in [-0.2, -0.15) is 0 Å². The summed E-state index contributed by atoms with van der Waals surface area (Å²) >= 11 is 0. The molecule has 1 N–H and O–H groups in total. The van der Waals surface area contributed by atoms with Crippen LogP contribution in [0.3, 0.4) is 0 Å². The maximum Gasteiger partial charge on any atom is 0.161 e. The molecule has 1 aromatic rings. The number of aliphatic hydroxyl groups excluding tert-OH is 1. The molecule has 2 fully saturated rings. The smallest absolute Gasteiger partial charge is 0.161 e. The lowest BCUT2D eigenvalue weighted by molar-refractivity contribution is -0.0456. The molecule has 1 aromatic carbocycles. The third-order valence-corrected chi connectivity index (χ3v) is 4.97. The molecule has 0 radical (unpaired) electrons. The first kappa shape index (κ1) is 14.3. The summed E-state index contributed by atoms with van der Waals surface area (Å²) < 4.78 is 17.1. The van der Waals surface area contributed by atoms with Crippen LogP contribution >= 0.6 is 0 Å². The van der Waals surface area contributed by atoms with Gasteiger partial charge in [-0.05, 0) is 30.5 Å². The molecule has 120 valence electrons. The molecular formula is C17H23NO4. The van der Waals surface area contributed by atoms with Crippen LogP contribution in [0.2, 0.25) is 0 Å². The van der Waals surface area contributed by atoms with Crippen molar-refractivity contribution in [3.05, 3.63) is 23.8 Å². The normalized spacial score (nSPS) is 27.2. The van der Waals surface area contributed by atoms with Crippen molar-refractivity contribution in [1.29, 1.82) is 0 Å². The monoisotopic (exact) mass is 305 g/mol. The topological polar surface area (TPSA) is 51.2 Å². The van der Waals surface area contributed by atoms with Gasteiger partial charge in [-0.3, -0.25) is 4.90 Å². The first-order valence-electron chi connectivity index (χ1n) is 8.15. The summed E-state index contributed by atoms with van der Waals surface area (Å²) in [5.41, 5.74) is 1.19. The van der Waals surface area contributed by atoms with Gasteiger partial charge in [-0.1, -0.05) is 6.07 Å². The fourth-order valence-electron chi connectivity index (χ4n) is 3.73. The van der Waals surface area contributed by atoms with Gasteiger partial charge in [0.1, 0.15) is 13.2 Å². The van der Waals surface area contributed by atoms with E-state index in [4.69, 9.17) is 14.2 Å². The number of rotatable bonds is 2. The Hall–Kier alpha value is -1.30. The van der Waals surface area contributed by atoms with E-state index in [0.29, 0.717) is 19.8 Å². The van der Waals surface area contributed by atoms with Crippen LogP contribution in [0.4, 0.5) is 0 Å². The molecule has 4 rings (SSSR count). The third-order valence-electron chi connectivity index (χ3n) is 4.97. The van der Waals surface area contributed by atoms with Gasteiger partial charge in [0.2, 0.25) is 0 Å². The maximum atomic E-state index is 9.70. The highest BCUT2D eigenvalue weighted by atomic mass is 16.6. The zero-order valence-corrected chi connectivity index (χ0v) is 12.8. The first-order chi connectivity index (χ1) is 10.7. The number of likely N-dealkylation sites (tertiary alicyclic amines) is 1. The van der Waals surface area contributed by atoms with E-state index in [1.165, 1.54) is 5.56 Å². The van der Waals surface area contributed by atoms with E-state index in [9.17, 15) is 5.11 Å². The lowest BCUT2D eigenvalue weighted by Gasteiger charge is -2.38. The maximum absolute atomic E-state index is 9.70. The van der Waals surface area contributed by atoms with Gasteiger partial charge in [-0.15, -0.1) is 0 Å². The summed E-state index contributed by atoms with van der Waals surface area (Å²) in [4.78, 5) is 2.45. The second kappa shape index (κ2) is 5.72. The summed E-state index contributed by atoms with van der Waals surface area (Å²) in [5.74, 6) is 1.71. The van der Waals surface area contributed by atoms with Gasteiger partial charge in [0.15, 0.2) is 11.5 Å². The molecule has 5 nitrogen and oxygen atoms in total. The molecule has 3 aliphatic heterocycles. The Morgan fingerprint density at radius 1 is 1.14 bits per heavy atom. The number of nitrogens with zero attached hydrogens (tertiary/aromatic N) is 1. The summed E-state index contributed by atoms with van der Waals surface area (Å²) in [6.07, 6.45) is 2.54. The van der Waals surface area contributed by atoms with Crippen LogP contribution in [-0.2, 0) is 11.3 Å². The van der Waals surface area contributed by atoms with Crippen LogP contribution in [0, 0.1) is 0 Å². The minimum atomic E-state index is -0.274. The molecule has 1 spiro atoms. The zero-order chi connectivity index (χ0) is 15.0. The largest absolute Gasteiger partial charge is 0.486 e. The Morgan fingerprint density at radius 3 is 2.64 bits per heavy atom. The van der Waals surface area contributed by atoms with Crippen LogP contribution in [0.1, 0.15) is 24.8 Å². The van der Waals surface area contributed by atoms with E-state index in [1.807, 2.05) is 6.07 Å². The average Bonchev–Trinajstić information content (AvgIpc) is 2.91. The van der Waals surface area contributed by atoms with Gasteiger partial charge < -0.3 is 19.3 Å².